The maximum atomic E-state index is 11.4. The lowest BCUT2D eigenvalue weighted by molar-refractivity contribution is 0.0527. The van der Waals surface area contributed by atoms with Crippen LogP contribution >= 0.6 is 0 Å². The minimum Gasteiger partial charge on any atom is -0.444 e. The molecule has 0 aliphatic heterocycles. The van der Waals surface area contributed by atoms with Gasteiger partial charge < -0.3 is 25.2 Å². The predicted octanol–water partition coefficient (Wildman–Crippen LogP) is 0.888. The normalized spacial score (nSPS) is 13.1. The van der Waals surface area contributed by atoms with Crippen LogP contribution in [0, 0.1) is 0 Å². The minimum absolute atomic E-state index is 0.136. The zero-order chi connectivity index (χ0) is 14.7. The number of carbonyl (C=O) groups is 1. The molecule has 1 amide bonds. The van der Waals surface area contributed by atoms with Crippen LogP contribution in [0.5, 0.6) is 0 Å². The molecule has 0 saturated carbocycles. The standard InChI is InChI=1S/C13H28N2O4/c1-13(2,3)19-12(17)15-8-5-7-14-11(6-9-16)10-18-4/h11,14,16H,5-10H2,1-4H3,(H,15,17). The maximum absolute atomic E-state index is 11.4. The lowest BCUT2D eigenvalue weighted by atomic mass is 10.2. The van der Waals surface area contributed by atoms with E-state index in [1.807, 2.05) is 20.8 Å². The summed E-state index contributed by atoms with van der Waals surface area (Å²) >= 11 is 0. The molecule has 0 spiro atoms. The van der Waals surface area contributed by atoms with Crippen LogP contribution in [0.4, 0.5) is 4.79 Å². The summed E-state index contributed by atoms with van der Waals surface area (Å²) in [6.45, 7) is 7.51. The van der Waals surface area contributed by atoms with Crippen molar-refractivity contribution in [2.75, 3.05) is 33.4 Å². The molecule has 1 atom stereocenters. The number of hydrogen-bond acceptors (Lipinski definition) is 5. The maximum Gasteiger partial charge on any atom is 0.407 e. The summed E-state index contributed by atoms with van der Waals surface area (Å²) in [5, 5.41) is 14.8. The molecule has 0 fully saturated rings. The predicted molar refractivity (Wildman–Crippen MR) is 74.2 cm³/mol. The van der Waals surface area contributed by atoms with Gasteiger partial charge in [0, 0.05) is 26.3 Å². The summed E-state index contributed by atoms with van der Waals surface area (Å²) in [4.78, 5) is 11.4. The van der Waals surface area contributed by atoms with Crippen molar-refractivity contribution < 1.29 is 19.4 Å². The Labute approximate surface area is 115 Å². The van der Waals surface area contributed by atoms with Gasteiger partial charge in [0.15, 0.2) is 0 Å². The molecule has 0 radical (unpaired) electrons. The molecule has 1 unspecified atom stereocenters. The van der Waals surface area contributed by atoms with E-state index in [0.29, 0.717) is 19.6 Å². The molecule has 0 aromatic carbocycles. The number of amides is 1. The topological polar surface area (TPSA) is 79.8 Å². The van der Waals surface area contributed by atoms with Crippen molar-refractivity contribution >= 4 is 6.09 Å². The zero-order valence-corrected chi connectivity index (χ0v) is 12.5. The van der Waals surface area contributed by atoms with Gasteiger partial charge in [-0.1, -0.05) is 0 Å². The Hall–Kier alpha value is -0.850. The van der Waals surface area contributed by atoms with Gasteiger partial charge in [-0.3, -0.25) is 0 Å². The van der Waals surface area contributed by atoms with Crippen molar-refractivity contribution in [2.24, 2.45) is 0 Å². The van der Waals surface area contributed by atoms with E-state index in [0.717, 1.165) is 13.0 Å². The van der Waals surface area contributed by atoms with Crippen molar-refractivity contribution in [1.29, 1.82) is 0 Å². The molecule has 0 saturated heterocycles. The number of alkyl carbamates (subject to hydrolysis) is 1. The summed E-state index contributed by atoms with van der Waals surface area (Å²) in [5.41, 5.74) is -0.465. The second-order valence-corrected chi connectivity index (χ2v) is 5.40. The largest absolute Gasteiger partial charge is 0.444 e. The van der Waals surface area contributed by atoms with E-state index in [4.69, 9.17) is 14.6 Å². The number of ether oxygens (including phenoxy) is 2. The number of rotatable bonds is 9. The van der Waals surface area contributed by atoms with E-state index >= 15 is 0 Å². The Morgan fingerprint density at radius 2 is 2.00 bits per heavy atom. The molecule has 3 N–H and O–H groups in total. The molecule has 6 nitrogen and oxygen atoms in total. The third-order valence-corrected chi connectivity index (χ3v) is 2.30. The summed E-state index contributed by atoms with van der Waals surface area (Å²) in [5.74, 6) is 0. The van der Waals surface area contributed by atoms with Gasteiger partial charge in [-0.05, 0) is 40.2 Å². The van der Waals surface area contributed by atoms with Crippen LogP contribution in [-0.2, 0) is 9.47 Å². The Bertz CT molecular complexity index is 235. The Morgan fingerprint density at radius 3 is 2.53 bits per heavy atom. The van der Waals surface area contributed by atoms with Crippen molar-refractivity contribution in [3.8, 4) is 0 Å². The molecule has 0 bridgehead atoms. The van der Waals surface area contributed by atoms with Gasteiger partial charge >= 0.3 is 6.09 Å². The summed E-state index contributed by atoms with van der Waals surface area (Å²) in [6.07, 6.45) is 1.06. The first-order valence-electron chi connectivity index (χ1n) is 6.69. The summed E-state index contributed by atoms with van der Waals surface area (Å²) < 4.78 is 10.2. The SMILES string of the molecule is COCC(CCO)NCCCNC(=O)OC(C)(C)C. The lowest BCUT2D eigenvalue weighted by Crippen LogP contribution is -2.37. The summed E-state index contributed by atoms with van der Waals surface area (Å²) in [7, 11) is 1.64. The molecule has 0 aliphatic rings. The van der Waals surface area contributed by atoms with E-state index in [1.165, 1.54) is 0 Å². The van der Waals surface area contributed by atoms with Gasteiger partial charge in [0.1, 0.15) is 5.60 Å². The molecule has 0 aromatic heterocycles. The highest BCUT2D eigenvalue weighted by molar-refractivity contribution is 5.67. The van der Waals surface area contributed by atoms with E-state index < -0.39 is 11.7 Å². The van der Waals surface area contributed by atoms with Crippen LogP contribution in [-0.4, -0.2) is 56.3 Å². The van der Waals surface area contributed by atoms with Gasteiger partial charge in [0.05, 0.1) is 6.61 Å². The van der Waals surface area contributed by atoms with E-state index in [2.05, 4.69) is 10.6 Å². The molecule has 19 heavy (non-hydrogen) atoms. The van der Waals surface area contributed by atoms with Gasteiger partial charge in [-0.15, -0.1) is 0 Å². The molecule has 0 aromatic rings. The fourth-order valence-electron chi connectivity index (χ4n) is 1.50. The van der Waals surface area contributed by atoms with Crippen LogP contribution in [0.2, 0.25) is 0 Å². The molecule has 114 valence electrons. The quantitative estimate of drug-likeness (QED) is 0.545. The molecule has 0 aliphatic carbocycles. The van der Waals surface area contributed by atoms with Crippen LogP contribution in [0.25, 0.3) is 0 Å². The third kappa shape index (κ3) is 11.9. The number of methoxy groups -OCH3 is 1. The molecule has 0 heterocycles. The minimum atomic E-state index is -0.465. The van der Waals surface area contributed by atoms with Crippen molar-refractivity contribution in [2.45, 2.75) is 45.3 Å². The number of carbonyl (C=O) groups excluding carboxylic acids is 1. The first-order chi connectivity index (χ1) is 8.89. The van der Waals surface area contributed by atoms with Gasteiger partial charge in [0.2, 0.25) is 0 Å². The fourth-order valence-corrected chi connectivity index (χ4v) is 1.50. The molecular formula is C13H28N2O4. The molecule has 0 rings (SSSR count). The van der Waals surface area contributed by atoms with Crippen LogP contribution in [0.3, 0.4) is 0 Å². The fraction of sp³-hybridized carbons (Fsp3) is 0.923. The second kappa shape index (κ2) is 10.00. The Balaban J connectivity index is 3.60. The highest BCUT2D eigenvalue weighted by atomic mass is 16.6. The highest BCUT2D eigenvalue weighted by Crippen LogP contribution is 2.06. The lowest BCUT2D eigenvalue weighted by Gasteiger charge is -2.20. The monoisotopic (exact) mass is 276 g/mol. The van der Waals surface area contributed by atoms with Crippen molar-refractivity contribution in [3.05, 3.63) is 0 Å². The van der Waals surface area contributed by atoms with Crippen molar-refractivity contribution in [1.82, 2.24) is 10.6 Å². The summed E-state index contributed by atoms with van der Waals surface area (Å²) in [6, 6.07) is 0.150. The van der Waals surface area contributed by atoms with Crippen LogP contribution in [0.15, 0.2) is 0 Å². The van der Waals surface area contributed by atoms with Crippen molar-refractivity contribution in [3.63, 3.8) is 0 Å². The van der Waals surface area contributed by atoms with E-state index in [1.54, 1.807) is 7.11 Å². The van der Waals surface area contributed by atoms with Gasteiger partial charge in [-0.2, -0.15) is 0 Å². The van der Waals surface area contributed by atoms with Crippen LogP contribution < -0.4 is 10.6 Å². The smallest absolute Gasteiger partial charge is 0.407 e. The number of nitrogens with one attached hydrogen (secondary N) is 2. The zero-order valence-electron chi connectivity index (χ0n) is 12.5. The van der Waals surface area contributed by atoms with E-state index in [9.17, 15) is 4.79 Å². The Kier molecular flexibility index (Phi) is 9.55. The highest BCUT2D eigenvalue weighted by Gasteiger charge is 2.15. The molecular weight excluding hydrogens is 248 g/mol. The van der Waals surface area contributed by atoms with E-state index in [-0.39, 0.29) is 12.6 Å². The average molecular weight is 276 g/mol. The number of hydrogen-bond donors (Lipinski definition) is 3. The number of aliphatic hydroxyl groups excluding tert-OH is 1. The first-order valence-corrected chi connectivity index (χ1v) is 6.69. The second-order valence-electron chi connectivity index (χ2n) is 5.40. The van der Waals surface area contributed by atoms with Crippen LogP contribution in [0.1, 0.15) is 33.6 Å². The third-order valence-electron chi connectivity index (χ3n) is 2.30. The first kappa shape index (κ1) is 18.1. The average Bonchev–Trinajstić information content (AvgIpc) is 2.26. The van der Waals surface area contributed by atoms with Gasteiger partial charge in [0.25, 0.3) is 0 Å². The molecule has 6 heteroatoms. The Morgan fingerprint density at radius 1 is 1.32 bits per heavy atom. The van der Waals surface area contributed by atoms with Gasteiger partial charge in [-0.25, -0.2) is 4.79 Å². The number of aliphatic hydroxyl groups is 1.